The topological polar surface area (TPSA) is 23.6 Å². The first kappa shape index (κ1) is 15.0. The van der Waals surface area contributed by atoms with Crippen molar-refractivity contribution in [3.05, 3.63) is 35.4 Å². The van der Waals surface area contributed by atoms with E-state index in [1.54, 1.807) is 0 Å². The third-order valence-corrected chi connectivity index (χ3v) is 4.17. The second-order valence-electron chi connectivity index (χ2n) is 6.19. The van der Waals surface area contributed by atoms with Crippen LogP contribution in [0, 0.1) is 12.8 Å². The summed E-state index contributed by atoms with van der Waals surface area (Å²) in [7, 11) is 3.96. The highest BCUT2D eigenvalue weighted by atomic mass is 16.2. The van der Waals surface area contributed by atoms with E-state index >= 15 is 0 Å². The van der Waals surface area contributed by atoms with Crippen LogP contribution in [-0.4, -0.2) is 48.9 Å². The molecule has 0 aliphatic carbocycles. The first-order chi connectivity index (χ1) is 9.51. The average molecular weight is 274 g/mol. The minimum absolute atomic E-state index is 0.0370. The Labute approximate surface area is 122 Å². The monoisotopic (exact) mass is 274 g/mol. The Morgan fingerprint density at radius 2 is 2.10 bits per heavy atom. The second kappa shape index (κ2) is 6.40. The Morgan fingerprint density at radius 3 is 2.65 bits per heavy atom. The van der Waals surface area contributed by atoms with Crippen molar-refractivity contribution in [2.75, 3.05) is 27.2 Å². The van der Waals surface area contributed by atoms with Crippen LogP contribution in [-0.2, 0) is 11.2 Å². The highest BCUT2D eigenvalue weighted by Crippen LogP contribution is 2.22. The second-order valence-corrected chi connectivity index (χ2v) is 6.19. The fraction of sp³-hybridized carbons (Fsp3) is 0.588. The van der Waals surface area contributed by atoms with E-state index in [2.05, 4.69) is 38.1 Å². The Kier molecular flexibility index (Phi) is 4.81. The molecule has 1 fully saturated rings. The maximum Gasteiger partial charge on any atom is 0.239 e. The minimum Gasteiger partial charge on any atom is -0.341 e. The van der Waals surface area contributed by atoms with Gasteiger partial charge in [-0.15, -0.1) is 0 Å². The lowest BCUT2D eigenvalue weighted by Gasteiger charge is -2.42. The summed E-state index contributed by atoms with van der Waals surface area (Å²) in [5.41, 5.74) is 2.70. The first-order valence-electron chi connectivity index (χ1n) is 7.52. The van der Waals surface area contributed by atoms with Crippen LogP contribution < -0.4 is 0 Å². The van der Waals surface area contributed by atoms with Crippen LogP contribution in [0.1, 0.15) is 24.5 Å². The van der Waals surface area contributed by atoms with Gasteiger partial charge >= 0.3 is 0 Å². The van der Waals surface area contributed by atoms with Gasteiger partial charge in [-0.05, 0) is 45.3 Å². The van der Waals surface area contributed by atoms with Crippen LogP contribution in [0.3, 0.4) is 0 Å². The minimum atomic E-state index is 0.0370. The molecule has 0 bridgehead atoms. The molecule has 1 amide bonds. The van der Waals surface area contributed by atoms with Gasteiger partial charge in [-0.2, -0.15) is 0 Å². The van der Waals surface area contributed by atoms with E-state index in [0.29, 0.717) is 5.92 Å². The number of likely N-dealkylation sites (N-methyl/N-ethyl adjacent to an activating group) is 1. The van der Waals surface area contributed by atoms with E-state index in [1.165, 1.54) is 11.1 Å². The summed E-state index contributed by atoms with van der Waals surface area (Å²) >= 11 is 0. The lowest BCUT2D eigenvalue weighted by molar-refractivity contribution is -0.142. The van der Waals surface area contributed by atoms with Gasteiger partial charge in [0.2, 0.25) is 5.91 Å². The van der Waals surface area contributed by atoms with Crippen LogP contribution >= 0.6 is 0 Å². The summed E-state index contributed by atoms with van der Waals surface area (Å²) < 4.78 is 0. The molecule has 0 aromatic heterocycles. The van der Waals surface area contributed by atoms with Crippen molar-refractivity contribution in [1.82, 2.24) is 9.80 Å². The number of amides is 1. The molecule has 20 heavy (non-hydrogen) atoms. The van der Waals surface area contributed by atoms with Crippen molar-refractivity contribution < 1.29 is 4.79 Å². The number of rotatable bonds is 5. The molecule has 0 spiro atoms. The van der Waals surface area contributed by atoms with Crippen molar-refractivity contribution in [2.24, 2.45) is 5.92 Å². The molecule has 0 radical (unpaired) electrons. The summed E-state index contributed by atoms with van der Waals surface area (Å²) in [5, 5.41) is 0. The van der Waals surface area contributed by atoms with E-state index in [9.17, 15) is 4.79 Å². The van der Waals surface area contributed by atoms with Gasteiger partial charge in [-0.3, -0.25) is 9.69 Å². The molecule has 2 rings (SSSR count). The zero-order valence-corrected chi connectivity index (χ0v) is 13.1. The van der Waals surface area contributed by atoms with E-state index in [4.69, 9.17) is 0 Å². The van der Waals surface area contributed by atoms with Gasteiger partial charge in [-0.1, -0.05) is 36.8 Å². The summed E-state index contributed by atoms with van der Waals surface area (Å²) in [4.78, 5) is 16.4. The Hall–Kier alpha value is -1.35. The molecule has 3 heteroatoms. The van der Waals surface area contributed by atoms with Crippen LogP contribution in [0.25, 0.3) is 0 Å². The molecule has 1 aromatic rings. The molecule has 0 saturated carbocycles. The van der Waals surface area contributed by atoms with E-state index in [-0.39, 0.29) is 11.9 Å². The molecular formula is C17H26N2O. The smallest absolute Gasteiger partial charge is 0.239 e. The first-order valence-corrected chi connectivity index (χ1v) is 7.52. The van der Waals surface area contributed by atoms with Crippen LogP contribution in [0.5, 0.6) is 0 Å². The fourth-order valence-electron chi connectivity index (χ4n) is 3.02. The molecule has 0 N–H and O–H groups in total. The lowest BCUT2D eigenvalue weighted by Crippen LogP contribution is -2.56. The van der Waals surface area contributed by atoms with Gasteiger partial charge in [0.15, 0.2) is 0 Å². The van der Waals surface area contributed by atoms with Crippen molar-refractivity contribution in [3.63, 3.8) is 0 Å². The number of carbonyl (C=O) groups is 1. The van der Waals surface area contributed by atoms with E-state index < -0.39 is 0 Å². The SMILES string of the molecule is CCC(C(=O)N1CC(Cc2cccc(C)c2)C1)N(C)C. The van der Waals surface area contributed by atoms with Gasteiger partial charge in [0.1, 0.15) is 0 Å². The lowest BCUT2D eigenvalue weighted by atomic mass is 9.91. The molecule has 3 nitrogen and oxygen atoms in total. The molecule has 1 aliphatic heterocycles. The van der Waals surface area contributed by atoms with Gasteiger partial charge in [-0.25, -0.2) is 0 Å². The summed E-state index contributed by atoms with van der Waals surface area (Å²) in [6.45, 7) is 6.03. The number of aryl methyl sites for hydroxylation is 1. The number of carbonyl (C=O) groups excluding carboxylic acids is 1. The normalized spacial score (nSPS) is 17.1. The average Bonchev–Trinajstić information content (AvgIpc) is 2.33. The molecular weight excluding hydrogens is 248 g/mol. The third-order valence-electron chi connectivity index (χ3n) is 4.17. The van der Waals surface area contributed by atoms with Crippen molar-refractivity contribution in [2.45, 2.75) is 32.7 Å². The number of likely N-dealkylation sites (tertiary alicyclic amines) is 1. The zero-order chi connectivity index (χ0) is 14.7. The molecule has 110 valence electrons. The predicted octanol–water partition coefficient (Wildman–Crippen LogP) is 2.34. The summed E-state index contributed by atoms with van der Waals surface area (Å²) in [6, 6.07) is 8.72. The number of nitrogens with zero attached hydrogens (tertiary/aromatic N) is 2. The fourth-order valence-corrected chi connectivity index (χ4v) is 3.02. The maximum atomic E-state index is 12.3. The number of hydrogen-bond donors (Lipinski definition) is 0. The Morgan fingerprint density at radius 1 is 1.40 bits per heavy atom. The highest BCUT2D eigenvalue weighted by Gasteiger charge is 2.34. The van der Waals surface area contributed by atoms with Crippen molar-refractivity contribution >= 4 is 5.91 Å². The van der Waals surface area contributed by atoms with Gasteiger partial charge in [0, 0.05) is 13.1 Å². The summed E-state index contributed by atoms with van der Waals surface area (Å²) in [6.07, 6.45) is 1.97. The molecule has 1 atom stereocenters. The number of hydrogen-bond acceptors (Lipinski definition) is 2. The summed E-state index contributed by atoms with van der Waals surface area (Å²) in [5.74, 6) is 0.915. The quantitative estimate of drug-likeness (QED) is 0.823. The largest absolute Gasteiger partial charge is 0.341 e. The van der Waals surface area contributed by atoms with Gasteiger partial charge in [0.05, 0.1) is 6.04 Å². The van der Waals surface area contributed by atoms with E-state index in [1.807, 2.05) is 23.9 Å². The zero-order valence-electron chi connectivity index (χ0n) is 13.1. The standard InChI is InChI=1S/C17H26N2O/c1-5-16(18(3)4)17(20)19-11-15(12-19)10-14-8-6-7-13(2)9-14/h6-9,15-16H,5,10-12H2,1-4H3. The molecule has 1 aliphatic rings. The van der Waals surface area contributed by atoms with Crippen LogP contribution in [0.4, 0.5) is 0 Å². The number of benzene rings is 1. The maximum absolute atomic E-state index is 12.3. The van der Waals surface area contributed by atoms with Crippen LogP contribution in [0.15, 0.2) is 24.3 Å². The molecule has 1 saturated heterocycles. The Bertz CT molecular complexity index is 464. The molecule has 1 aromatic carbocycles. The van der Waals surface area contributed by atoms with Gasteiger partial charge < -0.3 is 4.90 Å². The van der Waals surface area contributed by atoms with Crippen molar-refractivity contribution in [1.29, 1.82) is 0 Å². The Balaban J connectivity index is 1.84. The predicted molar refractivity (Wildman–Crippen MR) is 82.7 cm³/mol. The molecule has 1 unspecified atom stereocenters. The molecule has 1 heterocycles. The van der Waals surface area contributed by atoms with E-state index in [0.717, 1.165) is 25.9 Å². The third kappa shape index (κ3) is 3.40. The van der Waals surface area contributed by atoms with Crippen LogP contribution in [0.2, 0.25) is 0 Å². The van der Waals surface area contributed by atoms with Gasteiger partial charge in [0.25, 0.3) is 0 Å². The van der Waals surface area contributed by atoms with Crippen molar-refractivity contribution in [3.8, 4) is 0 Å². The highest BCUT2D eigenvalue weighted by molar-refractivity contribution is 5.82.